The molecule has 0 spiro atoms. The molecule has 19 heavy (non-hydrogen) atoms. The molecule has 0 radical (unpaired) electrons. The van der Waals surface area contributed by atoms with Crippen LogP contribution in [-0.2, 0) is 6.61 Å². The van der Waals surface area contributed by atoms with Crippen molar-refractivity contribution in [2.24, 2.45) is 0 Å². The Kier molecular flexibility index (Phi) is 3.78. The third-order valence-corrected chi connectivity index (χ3v) is 5.34. The quantitative estimate of drug-likeness (QED) is 0.917. The van der Waals surface area contributed by atoms with E-state index < -0.39 is 0 Å². The van der Waals surface area contributed by atoms with Crippen molar-refractivity contribution >= 4 is 16.5 Å². The van der Waals surface area contributed by atoms with Crippen molar-refractivity contribution in [2.45, 2.75) is 44.2 Å². The van der Waals surface area contributed by atoms with Gasteiger partial charge in [0.25, 0.3) is 0 Å². The predicted octanol–water partition coefficient (Wildman–Crippen LogP) is 2.04. The van der Waals surface area contributed by atoms with E-state index in [-0.39, 0.29) is 6.61 Å². The monoisotopic (exact) mass is 281 g/mol. The Morgan fingerprint density at radius 1 is 1.37 bits per heavy atom. The van der Waals surface area contributed by atoms with Gasteiger partial charge in [-0.25, -0.2) is 4.98 Å². The van der Waals surface area contributed by atoms with Crippen LogP contribution < -0.4 is 4.90 Å². The van der Waals surface area contributed by atoms with E-state index in [0.717, 1.165) is 23.1 Å². The standard InChI is InChI=1S/C14H23N3OS/c1-16(2)11-4-3-7-17(8-11)14-15-13(10-5-6-10)12(9-18)19-14/h10-11,18H,3-9H2,1-2H3. The first-order chi connectivity index (χ1) is 9.19. The normalized spacial score (nSPS) is 24.2. The minimum Gasteiger partial charge on any atom is -0.391 e. The molecular formula is C14H23N3OS. The number of anilines is 1. The van der Waals surface area contributed by atoms with Crippen LogP contribution in [0.3, 0.4) is 0 Å². The lowest BCUT2D eigenvalue weighted by molar-refractivity contribution is 0.258. The van der Waals surface area contributed by atoms with Gasteiger partial charge in [-0.05, 0) is 39.8 Å². The molecule has 1 saturated carbocycles. The van der Waals surface area contributed by atoms with Gasteiger partial charge in [0, 0.05) is 25.0 Å². The Balaban J connectivity index is 1.77. The van der Waals surface area contributed by atoms with Crippen molar-refractivity contribution in [1.29, 1.82) is 0 Å². The average molecular weight is 281 g/mol. The molecule has 1 saturated heterocycles. The number of aliphatic hydroxyl groups is 1. The zero-order chi connectivity index (χ0) is 13.4. The summed E-state index contributed by atoms with van der Waals surface area (Å²) in [7, 11) is 4.32. The van der Waals surface area contributed by atoms with Gasteiger partial charge in [-0.15, -0.1) is 0 Å². The summed E-state index contributed by atoms with van der Waals surface area (Å²) in [4.78, 5) is 10.6. The summed E-state index contributed by atoms with van der Waals surface area (Å²) in [5.74, 6) is 0.626. The van der Waals surface area contributed by atoms with Crippen molar-refractivity contribution in [1.82, 2.24) is 9.88 Å². The fourth-order valence-electron chi connectivity index (χ4n) is 2.82. The largest absolute Gasteiger partial charge is 0.391 e. The number of aliphatic hydroxyl groups excluding tert-OH is 1. The van der Waals surface area contributed by atoms with Gasteiger partial charge in [-0.2, -0.15) is 0 Å². The fraction of sp³-hybridized carbons (Fsp3) is 0.786. The van der Waals surface area contributed by atoms with Crippen LogP contribution in [0.5, 0.6) is 0 Å². The van der Waals surface area contributed by atoms with Crippen LogP contribution in [0.25, 0.3) is 0 Å². The van der Waals surface area contributed by atoms with Crippen LogP contribution in [0.15, 0.2) is 0 Å². The van der Waals surface area contributed by atoms with E-state index in [4.69, 9.17) is 4.98 Å². The van der Waals surface area contributed by atoms with E-state index in [1.165, 1.54) is 31.4 Å². The molecule has 1 aromatic heterocycles. The van der Waals surface area contributed by atoms with E-state index in [1.807, 2.05) is 0 Å². The average Bonchev–Trinajstić information content (AvgIpc) is 3.18. The zero-order valence-electron chi connectivity index (χ0n) is 11.8. The Labute approximate surface area is 119 Å². The molecule has 1 unspecified atom stereocenters. The molecule has 0 bridgehead atoms. The summed E-state index contributed by atoms with van der Waals surface area (Å²) in [5.41, 5.74) is 1.18. The Morgan fingerprint density at radius 2 is 2.16 bits per heavy atom. The van der Waals surface area contributed by atoms with Crippen molar-refractivity contribution in [3.63, 3.8) is 0 Å². The van der Waals surface area contributed by atoms with Gasteiger partial charge in [0.1, 0.15) is 0 Å². The van der Waals surface area contributed by atoms with E-state index in [0.29, 0.717) is 12.0 Å². The summed E-state index contributed by atoms with van der Waals surface area (Å²) in [6, 6.07) is 0.625. The third-order valence-electron chi connectivity index (χ3n) is 4.22. The number of nitrogens with zero attached hydrogens (tertiary/aromatic N) is 3. The molecule has 2 fully saturated rings. The van der Waals surface area contributed by atoms with Crippen molar-refractivity contribution in [3.8, 4) is 0 Å². The van der Waals surface area contributed by atoms with Crippen LogP contribution in [0.1, 0.15) is 42.2 Å². The lowest BCUT2D eigenvalue weighted by Gasteiger charge is -2.35. The zero-order valence-corrected chi connectivity index (χ0v) is 12.6. The van der Waals surface area contributed by atoms with Gasteiger partial charge in [0.15, 0.2) is 5.13 Å². The molecule has 1 N–H and O–H groups in total. The fourth-order valence-corrected chi connectivity index (χ4v) is 3.87. The number of aromatic nitrogens is 1. The van der Waals surface area contributed by atoms with E-state index in [2.05, 4.69) is 23.9 Å². The molecule has 5 heteroatoms. The van der Waals surface area contributed by atoms with Gasteiger partial charge in [-0.3, -0.25) is 0 Å². The van der Waals surface area contributed by atoms with Gasteiger partial charge in [-0.1, -0.05) is 11.3 Å². The smallest absolute Gasteiger partial charge is 0.185 e. The van der Waals surface area contributed by atoms with Crippen LogP contribution in [-0.4, -0.2) is 48.2 Å². The number of likely N-dealkylation sites (N-methyl/N-ethyl adjacent to an activating group) is 1. The molecule has 4 nitrogen and oxygen atoms in total. The first-order valence-corrected chi connectivity index (χ1v) is 8.02. The highest BCUT2D eigenvalue weighted by atomic mass is 32.1. The van der Waals surface area contributed by atoms with Crippen molar-refractivity contribution in [3.05, 3.63) is 10.6 Å². The Hall–Kier alpha value is -0.650. The van der Waals surface area contributed by atoms with Gasteiger partial charge < -0.3 is 14.9 Å². The molecular weight excluding hydrogens is 258 g/mol. The summed E-state index contributed by atoms with van der Waals surface area (Å²) in [5, 5.41) is 10.6. The second-order valence-electron chi connectivity index (χ2n) is 5.94. The van der Waals surface area contributed by atoms with E-state index in [9.17, 15) is 5.11 Å². The molecule has 0 aromatic carbocycles. The van der Waals surface area contributed by atoms with Crippen molar-refractivity contribution < 1.29 is 5.11 Å². The molecule has 3 rings (SSSR count). The molecule has 2 aliphatic rings. The highest BCUT2D eigenvalue weighted by molar-refractivity contribution is 7.15. The van der Waals surface area contributed by atoms with Gasteiger partial charge in [0.05, 0.1) is 17.2 Å². The Bertz CT molecular complexity index is 442. The third kappa shape index (κ3) is 2.78. The van der Waals surface area contributed by atoms with Crippen LogP contribution in [0.4, 0.5) is 5.13 Å². The maximum absolute atomic E-state index is 9.49. The number of hydrogen-bond donors (Lipinski definition) is 1. The number of piperidine rings is 1. The summed E-state index contributed by atoms with van der Waals surface area (Å²) in [6.07, 6.45) is 5.00. The Morgan fingerprint density at radius 3 is 2.79 bits per heavy atom. The SMILES string of the molecule is CN(C)C1CCCN(c2nc(C3CC3)c(CO)s2)C1. The van der Waals surface area contributed by atoms with Gasteiger partial charge in [0.2, 0.25) is 0 Å². The minimum absolute atomic E-state index is 0.147. The highest BCUT2D eigenvalue weighted by Crippen LogP contribution is 2.44. The molecule has 1 aromatic rings. The first-order valence-electron chi connectivity index (χ1n) is 7.21. The molecule has 1 aliphatic carbocycles. The van der Waals surface area contributed by atoms with Crippen LogP contribution >= 0.6 is 11.3 Å². The molecule has 0 amide bonds. The van der Waals surface area contributed by atoms with Gasteiger partial charge >= 0.3 is 0 Å². The summed E-state index contributed by atoms with van der Waals surface area (Å²) < 4.78 is 0. The van der Waals surface area contributed by atoms with E-state index in [1.54, 1.807) is 11.3 Å². The number of rotatable bonds is 4. The predicted molar refractivity (Wildman–Crippen MR) is 78.9 cm³/mol. The highest BCUT2D eigenvalue weighted by Gasteiger charge is 2.31. The van der Waals surface area contributed by atoms with Crippen LogP contribution in [0, 0.1) is 0 Å². The second kappa shape index (κ2) is 5.38. The van der Waals surface area contributed by atoms with Crippen LogP contribution in [0.2, 0.25) is 0 Å². The maximum Gasteiger partial charge on any atom is 0.185 e. The molecule has 1 aliphatic heterocycles. The van der Waals surface area contributed by atoms with E-state index >= 15 is 0 Å². The minimum atomic E-state index is 0.147. The number of hydrogen-bond acceptors (Lipinski definition) is 5. The van der Waals surface area contributed by atoms with Crippen molar-refractivity contribution in [2.75, 3.05) is 32.1 Å². The first kappa shape index (κ1) is 13.3. The molecule has 106 valence electrons. The molecule has 1 atom stereocenters. The number of thiazole rings is 1. The lowest BCUT2D eigenvalue weighted by Crippen LogP contribution is -2.45. The maximum atomic E-state index is 9.49. The molecule has 2 heterocycles. The summed E-state index contributed by atoms with van der Waals surface area (Å²) >= 11 is 1.69. The topological polar surface area (TPSA) is 39.6 Å². The second-order valence-corrected chi connectivity index (χ2v) is 7.00. The lowest BCUT2D eigenvalue weighted by atomic mass is 10.1. The summed E-state index contributed by atoms with van der Waals surface area (Å²) in [6.45, 7) is 2.32.